The Balaban J connectivity index is 3.75. The molecule has 2 N–H and O–H groups in total. The number of carbonyl (C=O) groups excluding carboxylic acids is 1. The van der Waals surface area contributed by atoms with Crippen LogP contribution in [0.1, 0.15) is 43.6 Å². The van der Waals surface area contributed by atoms with Crippen LogP contribution in [0.2, 0.25) is 5.15 Å². The van der Waals surface area contributed by atoms with Crippen LogP contribution < -0.4 is 5.32 Å². The summed E-state index contributed by atoms with van der Waals surface area (Å²) < 4.78 is 1.80. The van der Waals surface area contributed by atoms with Crippen LogP contribution >= 0.6 is 11.6 Å². The van der Waals surface area contributed by atoms with Crippen LogP contribution in [-0.2, 0) is 5.54 Å². The molecule has 0 radical (unpaired) electrons. The van der Waals surface area contributed by atoms with Gasteiger partial charge < -0.3 is 15.3 Å². The summed E-state index contributed by atoms with van der Waals surface area (Å²) in [6, 6.07) is 0. The molecule has 0 atom stereocenters. The second-order valence-corrected chi connectivity index (χ2v) is 5.38. The van der Waals surface area contributed by atoms with Gasteiger partial charge in [0.2, 0.25) is 0 Å². The molecule has 0 unspecified atom stereocenters. The fourth-order valence-electron chi connectivity index (χ4n) is 1.91. The van der Waals surface area contributed by atoms with Gasteiger partial charge in [0.1, 0.15) is 11.0 Å². The Kier molecular flexibility index (Phi) is 4.02. The number of aldehydes is 1. The molecule has 5 heteroatoms. The van der Waals surface area contributed by atoms with Crippen molar-refractivity contribution in [2.75, 3.05) is 5.32 Å². The number of carbonyl (C=O) groups is 1. The standard InChI is InChI=1S/C13H18ClN3O/c1-6-16-12-10(8(2)15)9(7-18)11(14)17(12)13(3,4)5/h6-7,15-16H,1H2,2-5H3. The second kappa shape index (κ2) is 4.98. The minimum absolute atomic E-state index is 0.284. The molecular formula is C13H18ClN3O. The van der Waals surface area contributed by atoms with Gasteiger partial charge in [0.05, 0.1) is 5.56 Å². The number of hydrogen-bond donors (Lipinski definition) is 2. The van der Waals surface area contributed by atoms with Gasteiger partial charge in [0.15, 0.2) is 6.29 Å². The quantitative estimate of drug-likeness (QED) is 0.646. The maximum absolute atomic E-state index is 11.2. The van der Waals surface area contributed by atoms with Crippen molar-refractivity contribution in [1.29, 1.82) is 5.41 Å². The summed E-state index contributed by atoms with van der Waals surface area (Å²) in [7, 11) is 0. The fourth-order valence-corrected chi connectivity index (χ4v) is 2.39. The van der Waals surface area contributed by atoms with Gasteiger partial charge in [-0.05, 0) is 33.9 Å². The van der Waals surface area contributed by atoms with Crippen molar-refractivity contribution in [3.8, 4) is 0 Å². The summed E-state index contributed by atoms with van der Waals surface area (Å²) in [4.78, 5) is 11.2. The van der Waals surface area contributed by atoms with Crippen LogP contribution in [0.25, 0.3) is 0 Å². The van der Waals surface area contributed by atoms with Crippen LogP contribution in [0.4, 0.5) is 5.82 Å². The Bertz CT molecular complexity index is 509. The SMILES string of the molecule is C=CNc1c(C(C)=N)c(C=O)c(Cl)n1C(C)(C)C. The molecule has 0 aliphatic carbocycles. The van der Waals surface area contributed by atoms with E-state index in [0.29, 0.717) is 28.4 Å². The van der Waals surface area contributed by atoms with Gasteiger partial charge >= 0.3 is 0 Å². The van der Waals surface area contributed by atoms with Gasteiger partial charge in [-0.3, -0.25) is 4.79 Å². The molecule has 1 aromatic heterocycles. The third kappa shape index (κ3) is 2.34. The van der Waals surface area contributed by atoms with Crippen molar-refractivity contribution < 1.29 is 4.79 Å². The molecular weight excluding hydrogens is 250 g/mol. The van der Waals surface area contributed by atoms with E-state index in [0.717, 1.165) is 0 Å². The van der Waals surface area contributed by atoms with Crippen molar-refractivity contribution in [3.05, 3.63) is 29.1 Å². The van der Waals surface area contributed by atoms with E-state index in [2.05, 4.69) is 11.9 Å². The number of halogens is 1. The Morgan fingerprint density at radius 1 is 1.50 bits per heavy atom. The monoisotopic (exact) mass is 267 g/mol. The first-order valence-corrected chi connectivity index (χ1v) is 5.96. The van der Waals surface area contributed by atoms with Gasteiger partial charge in [-0.25, -0.2) is 0 Å². The third-order valence-corrected chi connectivity index (χ3v) is 2.92. The molecule has 18 heavy (non-hydrogen) atoms. The minimum Gasteiger partial charge on any atom is -0.348 e. The number of nitrogens with one attached hydrogen (secondary N) is 2. The number of anilines is 1. The molecule has 1 rings (SSSR count). The zero-order chi connectivity index (χ0) is 14.1. The van der Waals surface area contributed by atoms with E-state index in [1.807, 2.05) is 20.8 Å². The van der Waals surface area contributed by atoms with Crippen molar-refractivity contribution in [2.45, 2.75) is 33.2 Å². The Hall–Kier alpha value is -1.55. The molecule has 0 aliphatic rings. The van der Waals surface area contributed by atoms with Crippen LogP contribution in [0.15, 0.2) is 12.8 Å². The summed E-state index contributed by atoms with van der Waals surface area (Å²) in [5.41, 5.74) is 0.827. The van der Waals surface area contributed by atoms with E-state index in [4.69, 9.17) is 17.0 Å². The van der Waals surface area contributed by atoms with Crippen molar-refractivity contribution >= 4 is 29.4 Å². The molecule has 98 valence electrons. The zero-order valence-electron chi connectivity index (χ0n) is 11.1. The average Bonchev–Trinajstić information content (AvgIpc) is 2.50. The third-order valence-electron chi connectivity index (χ3n) is 2.55. The van der Waals surface area contributed by atoms with Crippen LogP contribution in [0.3, 0.4) is 0 Å². The highest BCUT2D eigenvalue weighted by molar-refractivity contribution is 6.34. The van der Waals surface area contributed by atoms with Crippen LogP contribution in [0, 0.1) is 5.41 Å². The maximum Gasteiger partial charge on any atom is 0.153 e. The summed E-state index contributed by atoms with van der Waals surface area (Å²) in [6.07, 6.45) is 2.20. The van der Waals surface area contributed by atoms with Gasteiger partial charge in [0.25, 0.3) is 0 Å². The molecule has 4 nitrogen and oxygen atoms in total. The number of nitrogens with zero attached hydrogens (tertiary/aromatic N) is 1. The first kappa shape index (κ1) is 14.5. The number of hydrogen-bond acceptors (Lipinski definition) is 3. The first-order chi connectivity index (χ1) is 8.25. The topological polar surface area (TPSA) is 57.9 Å². The highest BCUT2D eigenvalue weighted by atomic mass is 35.5. The van der Waals surface area contributed by atoms with Crippen molar-refractivity contribution in [3.63, 3.8) is 0 Å². The lowest BCUT2D eigenvalue weighted by Crippen LogP contribution is -2.23. The minimum atomic E-state index is -0.312. The molecule has 1 aromatic rings. The fraction of sp³-hybridized carbons (Fsp3) is 0.385. The van der Waals surface area contributed by atoms with E-state index in [1.54, 1.807) is 11.5 Å². The van der Waals surface area contributed by atoms with E-state index in [1.165, 1.54) is 6.20 Å². The van der Waals surface area contributed by atoms with Gasteiger partial charge in [0, 0.05) is 16.8 Å². The lowest BCUT2D eigenvalue weighted by molar-refractivity contribution is 0.112. The van der Waals surface area contributed by atoms with E-state index < -0.39 is 0 Å². The van der Waals surface area contributed by atoms with Crippen molar-refractivity contribution in [2.24, 2.45) is 0 Å². The molecule has 0 bridgehead atoms. The van der Waals surface area contributed by atoms with Gasteiger partial charge in [-0.2, -0.15) is 0 Å². The maximum atomic E-state index is 11.2. The lowest BCUT2D eigenvalue weighted by atomic mass is 10.1. The molecule has 0 spiro atoms. The molecule has 1 heterocycles. The largest absolute Gasteiger partial charge is 0.348 e. The van der Waals surface area contributed by atoms with E-state index >= 15 is 0 Å². The normalized spacial score (nSPS) is 11.2. The second-order valence-electron chi connectivity index (χ2n) is 5.03. The predicted octanol–water partition coefficient (Wildman–Crippen LogP) is 3.65. The molecule has 0 saturated carbocycles. The van der Waals surface area contributed by atoms with Crippen LogP contribution in [0.5, 0.6) is 0 Å². The first-order valence-electron chi connectivity index (χ1n) is 5.58. The van der Waals surface area contributed by atoms with Gasteiger partial charge in [-0.15, -0.1) is 0 Å². The Morgan fingerprint density at radius 2 is 2.06 bits per heavy atom. The molecule has 0 aromatic carbocycles. The molecule has 0 saturated heterocycles. The zero-order valence-corrected chi connectivity index (χ0v) is 11.9. The van der Waals surface area contributed by atoms with Crippen LogP contribution in [-0.4, -0.2) is 16.6 Å². The smallest absolute Gasteiger partial charge is 0.153 e. The van der Waals surface area contributed by atoms with E-state index in [9.17, 15) is 4.79 Å². The van der Waals surface area contributed by atoms with E-state index in [-0.39, 0.29) is 11.3 Å². The predicted molar refractivity (Wildman–Crippen MR) is 76.1 cm³/mol. The van der Waals surface area contributed by atoms with Gasteiger partial charge in [-0.1, -0.05) is 18.2 Å². The molecule has 0 fully saturated rings. The lowest BCUT2D eigenvalue weighted by Gasteiger charge is -2.25. The Morgan fingerprint density at radius 3 is 2.39 bits per heavy atom. The Labute approximate surface area is 112 Å². The highest BCUT2D eigenvalue weighted by Crippen LogP contribution is 2.36. The summed E-state index contributed by atoms with van der Waals surface area (Å²) in [6.45, 7) is 11.2. The summed E-state index contributed by atoms with van der Waals surface area (Å²) in [5.74, 6) is 0.622. The summed E-state index contributed by atoms with van der Waals surface area (Å²) >= 11 is 6.26. The molecule has 0 aliphatic heterocycles. The molecule has 0 amide bonds. The number of rotatable bonds is 4. The summed E-state index contributed by atoms with van der Waals surface area (Å²) in [5, 5.41) is 11.1. The van der Waals surface area contributed by atoms with Crippen molar-refractivity contribution in [1.82, 2.24) is 4.57 Å². The number of aromatic nitrogens is 1. The highest BCUT2D eigenvalue weighted by Gasteiger charge is 2.28. The average molecular weight is 268 g/mol.